The van der Waals surface area contributed by atoms with Crippen LogP contribution in [0.5, 0.6) is 0 Å². The summed E-state index contributed by atoms with van der Waals surface area (Å²) >= 11 is 6.00. The third-order valence-corrected chi connectivity index (χ3v) is 4.69. The summed E-state index contributed by atoms with van der Waals surface area (Å²) in [5.41, 5.74) is 1.18. The fraction of sp³-hybridized carbons (Fsp3) is 0.389. The number of halogens is 1. The molecule has 132 valence electrons. The minimum Gasteiger partial charge on any atom is -0.481 e. The lowest BCUT2D eigenvalue weighted by molar-refractivity contribution is -0.137. The third kappa shape index (κ3) is 4.39. The molecule has 0 aliphatic carbocycles. The molecule has 6 nitrogen and oxygen atoms in total. The number of likely N-dealkylation sites (tertiary alicyclic amines) is 1. The minimum atomic E-state index is -0.788. The fourth-order valence-corrected chi connectivity index (χ4v) is 3.36. The van der Waals surface area contributed by atoms with Gasteiger partial charge in [-0.3, -0.25) is 9.59 Å². The molecule has 2 heterocycles. The smallest absolute Gasteiger partial charge is 0.303 e. The van der Waals surface area contributed by atoms with E-state index in [2.05, 4.69) is 5.10 Å². The maximum Gasteiger partial charge on any atom is 0.303 e. The van der Waals surface area contributed by atoms with Crippen LogP contribution in [0.25, 0.3) is 5.69 Å². The van der Waals surface area contributed by atoms with E-state index in [1.54, 1.807) is 34.0 Å². The maximum atomic E-state index is 12.7. The molecule has 1 aromatic heterocycles. The Morgan fingerprint density at radius 2 is 2.16 bits per heavy atom. The first-order valence-corrected chi connectivity index (χ1v) is 8.73. The van der Waals surface area contributed by atoms with Gasteiger partial charge in [-0.1, -0.05) is 17.7 Å². The second-order valence-corrected chi connectivity index (χ2v) is 6.75. The summed E-state index contributed by atoms with van der Waals surface area (Å²) in [4.78, 5) is 25.2. The molecule has 7 heteroatoms. The van der Waals surface area contributed by atoms with E-state index >= 15 is 0 Å². The molecule has 2 aromatic rings. The van der Waals surface area contributed by atoms with Crippen LogP contribution in [0.1, 0.15) is 36.2 Å². The largest absolute Gasteiger partial charge is 0.481 e. The van der Waals surface area contributed by atoms with Crippen LogP contribution >= 0.6 is 11.6 Å². The van der Waals surface area contributed by atoms with Gasteiger partial charge >= 0.3 is 5.97 Å². The summed E-state index contributed by atoms with van der Waals surface area (Å²) < 4.78 is 1.63. The Morgan fingerprint density at radius 3 is 2.92 bits per heavy atom. The zero-order valence-corrected chi connectivity index (χ0v) is 14.5. The van der Waals surface area contributed by atoms with Crippen molar-refractivity contribution in [2.24, 2.45) is 5.92 Å². The number of hydrogen-bond donors (Lipinski definition) is 1. The molecule has 0 saturated carbocycles. The van der Waals surface area contributed by atoms with Crippen LogP contribution in [-0.4, -0.2) is 44.8 Å². The Hall–Kier alpha value is -2.34. The first-order chi connectivity index (χ1) is 12.0. The summed E-state index contributed by atoms with van der Waals surface area (Å²) in [6, 6.07) is 8.97. The van der Waals surface area contributed by atoms with Crippen molar-refractivity contribution in [3.63, 3.8) is 0 Å². The van der Waals surface area contributed by atoms with Crippen molar-refractivity contribution in [3.05, 3.63) is 47.2 Å². The molecule has 1 aliphatic heterocycles. The van der Waals surface area contributed by atoms with Gasteiger partial charge in [0.05, 0.1) is 5.69 Å². The molecule has 1 aromatic carbocycles. The number of carbonyl (C=O) groups is 2. The topological polar surface area (TPSA) is 75.4 Å². The number of carboxylic acid groups (broad SMARTS) is 1. The number of hydrogen-bond acceptors (Lipinski definition) is 3. The fourth-order valence-electron chi connectivity index (χ4n) is 3.18. The second kappa shape index (κ2) is 7.70. The Morgan fingerprint density at radius 1 is 1.32 bits per heavy atom. The minimum absolute atomic E-state index is 0.110. The molecule has 0 spiro atoms. The molecule has 0 bridgehead atoms. The van der Waals surface area contributed by atoms with Gasteiger partial charge in [-0.15, -0.1) is 0 Å². The van der Waals surface area contributed by atoms with Gasteiger partial charge in [0.25, 0.3) is 5.91 Å². The summed E-state index contributed by atoms with van der Waals surface area (Å²) in [6.07, 6.45) is 4.36. The van der Waals surface area contributed by atoms with Crippen molar-refractivity contribution in [2.45, 2.75) is 25.7 Å². The van der Waals surface area contributed by atoms with E-state index in [0.717, 1.165) is 18.5 Å². The first kappa shape index (κ1) is 17.5. The molecule has 1 fully saturated rings. The molecule has 1 N–H and O–H groups in total. The molecule has 1 aliphatic rings. The highest BCUT2D eigenvalue weighted by Gasteiger charge is 2.26. The van der Waals surface area contributed by atoms with Gasteiger partial charge in [-0.25, -0.2) is 4.68 Å². The van der Waals surface area contributed by atoms with Crippen molar-refractivity contribution in [3.8, 4) is 5.69 Å². The van der Waals surface area contributed by atoms with Crippen molar-refractivity contribution in [1.29, 1.82) is 0 Å². The average molecular weight is 362 g/mol. The molecule has 1 atom stereocenters. The number of aliphatic carboxylic acids is 1. The molecule has 1 amide bonds. The Bertz CT molecular complexity index is 774. The summed E-state index contributed by atoms with van der Waals surface area (Å²) in [6.45, 7) is 1.28. The lowest BCUT2D eigenvalue weighted by Crippen LogP contribution is -2.40. The van der Waals surface area contributed by atoms with Gasteiger partial charge in [-0.05, 0) is 49.4 Å². The van der Waals surface area contributed by atoms with Crippen LogP contribution in [0.4, 0.5) is 0 Å². The number of piperidine rings is 1. The van der Waals surface area contributed by atoms with Gasteiger partial charge in [0, 0.05) is 30.7 Å². The van der Waals surface area contributed by atoms with E-state index in [4.69, 9.17) is 16.7 Å². The molecule has 0 radical (unpaired) electrons. The normalized spacial score (nSPS) is 17.5. The third-order valence-electron chi connectivity index (χ3n) is 4.45. The van der Waals surface area contributed by atoms with Crippen LogP contribution in [0.2, 0.25) is 5.02 Å². The van der Waals surface area contributed by atoms with Gasteiger partial charge < -0.3 is 10.0 Å². The van der Waals surface area contributed by atoms with E-state index < -0.39 is 5.97 Å². The van der Waals surface area contributed by atoms with Gasteiger partial charge in [0.1, 0.15) is 0 Å². The van der Waals surface area contributed by atoms with Crippen LogP contribution in [-0.2, 0) is 4.79 Å². The zero-order chi connectivity index (χ0) is 17.8. The van der Waals surface area contributed by atoms with E-state index in [9.17, 15) is 9.59 Å². The lowest BCUT2D eigenvalue weighted by atomic mass is 9.93. The number of aromatic nitrogens is 2. The number of rotatable bonds is 5. The number of benzene rings is 1. The van der Waals surface area contributed by atoms with E-state index in [1.165, 1.54) is 0 Å². The van der Waals surface area contributed by atoms with Gasteiger partial charge in [-0.2, -0.15) is 5.10 Å². The van der Waals surface area contributed by atoms with E-state index in [-0.39, 0.29) is 18.2 Å². The molecule has 1 unspecified atom stereocenters. The number of carbonyl (C=O) groups excluding carboxylic acids is 1. The van der Waals surface area contributed by atoms with Gasteiger partial charge in [0.15, 0.2) is 5.69 Å². The number of nitrogens with zero attached hydrogens (tertiary/aromatic N) is 3. The SMILES string of the molecule is O=C(O)CCC1CCCN(C(=O)c2ccn(-c3cccc(Cl)c3)n2)C1. The first-order valence-electron chi connectivity index (χ1n) is 8.35. The number of carboxylic acids is 1. The highest BCUT2D eigenvalue weighted by atomic mass is 35.5. The van der Waals surface area contributed by atoms with E-state index in [0.29, 0.717) is 30.2 Å². The van der Waals surface area contributed by atoms with Crippen molar-refractivity contribution in [2.75, 3.05) is 13.1 Å². The highest BCUT2D eigenvalue weighted by Crippen LogP contribution is 2.22. The number of amides is 1. The van der Waals surface area contributed by atoms with Crippen LogP contribution in [0.15, 0.2) is 36.5 Å². The molecular formula is C18H20ClN3O3. The van der Waals surface area contributed by atoms with Crippen LogP contribution in [0.3, 0.4) is 0 Å². The summed E-state index contributed by atoms with van der Waals surface area (Å²) in [5, 5.41) is 13.8. The Kier molecular flexibility index (Phi) is 5.38. The molecule has 3 rings (SSSR count). The molecule has 1 saturated heterocycles. The van der Waals surface area contributed by atoms with Crippen molar-refractivity contribution < 1.29 is 14.7 Å². The van der Waals surface area contributed by atoms with Crippen LogP contribution in [0, 0.1) is 5.92 Å². The quantitative estimate of drug-likeness (QED) is 0.887. The van der Waals surface area contributed by atoms with Crippen LogP contribution < -0.4 is 0 Å². The van der Waals surface area contributed by atoms with Crippen molar-refractivity contribution >= 4 is 23.5 Å². The standard InChI is InChI=1S/C18H20ClN3O3/c19-14-4-1-5-15(11-14)22-10-8-16(20-22)18(25)21-9-2-3-13(12-21)6-7-17(23)24/h1,4-5,8,10-11,13H,2-3,6-7,9,12H2,(H,23,24). The molecule has 25 heavy (non-hydrogen) atoms. The second-order valence-electron chi connectivity index (χ2n) is 6.32. The Labute approximate surface area is 151 Å². The highest BCUT2D eigenvalue weighted by molar-refractivity contribution is 6.30. The summed E-state index contributed by atoms with van der Waals surface area (Å²) in [7, 11) is 0. The summed E-state index contributed by atoms with van der Waals surface area (Å²) in [5.74, 6) is -0.659. The van der Waals surface area contributed by atoms with Crippen molar-refractivity contribution in [1.82, 2.24) is 14.7 Å². The predicted octanol–water partition coefficient (Wildman–Crippen LogP) is 3.24. The van der Waals surface area contributed by atoms with E-state index in [1.807, 2.05) is 12.1 Å². The maximum absolute atomic E-state index is 12.7. The average Bonchev–Trinajstić information content (AvgIpc) is 3.10. The zero-order valence-electron chi connectivity index (χ0n) is 13.8. The Balaban J connectivity index is 1.67. The van der Waals surface area contributed by atoms with Gasteiger partial charge in [0.2, 0.25) is 0 Å². The lowest BCUT2D eigenvalue weighted by Gasteiger charge is -2.32. The predicted molar refractivity (Wildman–Crippen MR) is 94.1 cm³/mol. The molecular weight excluding hydrogens is 342 g/mol. The monoisotopic (exact) mass is 361 g/mol.